The van der Waals surface area contributed by atoms with E-state index in [2.05, 4.69) is 31.4 Å². The molecule has 0 aliphatic rings. The molecule has 2 amide bonds. The molecule has 6 nitrogen and oxygen atoms in total. The molecule has 0 aliphatic heterocycles. The average molecular weight is 413 g/mol. The number of allylic oxidation sites excluding steroid dienone is 3. The molecule has 1 aromatic rings. The molecule has 30 heavy (non-hydrogen) atoms. The van der Waals surface area contributed by atoms with E-state index >= 15 is 0 Å². The van der Waals surface area contributed by atoms with Crippen LogP contribution in [0.3, 0.4) is 0 Å². The van der Waals surface area contributed by atoms with Gasteiger partial charge in [-0.15, -0.1) is 0 Å². The van der Waals surface area contributed by atoms with Crippen molar-refractivity contribution in [3.05, 3.63) is 64.8 Å². The van der Waals surface area contributed by atoms with Crippen molar-refractivity contribution in [3.63, 3.8) is 0 Å². The van der Waals surface area contributed by atoms with Crippen LogP contribution < -0.4 is 10.6 Å². The van der Waals surface area contributed by atoms with Crippen molar-refractivity contribution in [3.8, 4) is 0 Å². The second-order valence-corrected chi connectivity index (χ2v) is 8.35. The minimum Gasteiger partial charge on any atom is -0.478 e. The normalized spacial score (nSPS) is 13.3. The lowest BCUT2D eigenvalue weighted by Crippen LogP contribution is -2.30. The predicted molar refractivity (Wildman–Crippen MR) is 120 cm³/mol. The molecular weight excluding hydrogens is 380 g/mol. The SMILES string of the molecule is C\C=C(C(=O)Nc1cccc(C(C)(C)C)c1)/C(=C\C=C(/C)C(=O)NC(C)C)C(=O)O. The van der Waals surface area contributed by atoms with E-state index < -0.39 is 11.9 Å². The number of carboxylic acids is 1. The van der Waals surface area contributed by atoms with Crippen LogP contribution in [-0.2, 0) is 19.8 Å². The lowest BCUT2D eigenvalue weighted by molar-refractivity contribution is -0.132. The third-order valence-electron chi connectivity index (χ3n) is 4.32. The maximum absolute atomic E-state index is 12.8. The Hall–Kier alpha value is -3.15. The molecule has 0 saturated carbocycles. The van der Waals surface area contributed by atoms with Crippen LogP contribution in [0, 0.1) is 0 Å². The molecule has 0 heterocycles. The van der Waals surface area contributed by atoms with Gasteiger partial charge in [-0.05, 0) is 56.9 Å². The summed E-state index contributed by atoms with van der Waals surface area (Å²) in [4.78, 5) is 36.6. The van der Waals surface area contributed by atoms with Crippen molar-refractivity contribution in [2.75, 3.05) is 5.32 Å². The fourth-order valence-electron chi connectivity index (χ4n) is 2.61. The Morgan fingerprint density at radius 2 is 1.67 bits per heavy atom. The summed E-state index contributed by atoms with van der Waals surface area (Å²) in [6, 6.07) is 7.41. The van der Waals surface area contributed by atoms with Crippen LogP contribution in [0.25, 0.3) is 0 Å². The van der Waals surface area contributed by atoms with Gasteiger partial charge in [0.25, 0.3) is 5.91 Å². The Balaban J connectivity index is 3.16. The van der Waals surface area contributed by atoms with Crippen molar-refractivity contribution in [1.82, 2.24) is 5.32 Å². The molecule has 1 aromatic carbocycles. The molecule has 3 N–H and O–H groups in total. The van der Waals surface area contributed by atoms with Gasteiger partial charge in [-0.3, -0.25) is 9.59 Å². The third kappa shape index (κ3) is 7.35. The number of amides is 2. The maximum Gasteiger partial charge on any atom is 0.336 e. The number of carbonyl (C=O) groups excluding carboxylic acids is 2. The molecular formula is C24H32N2O4. The van der Waals surface area contributed by atoms with Crippen molar-refractivity contribution >= 4 is 23.5 Å². The van der Waals surface area contributed by atoms with Gasteiger partial charge in [0, 0.05) is 22.9 Å². The monoisotopic (exact) mass is 412 g/mol. The van der Waals surface area contributed by atoms with Crippen molar-refractivity contribution in [1.29, 1.82) is 0 Å². The van der Waals surface area contributed by atoms with Gasteiger partial charge in [-0.25, -0.2) is 4.79 Å². The van der Waals surface area contributed by atoms with Crippen molar-refractivity contribution < 1.29 is 19.5 Å². The summed E-state index contributed by atoms with van der Waals surface area (Å²) in [7, 11) is 0. The van der Waals surface area contributed by atoms with Gasteiger partial charge in [0.2, 0.25) is 5.91 Å². The first-order chi connectivity index (χ1) is 13.9. The third-order valence-corrected chi connectivity index (χ3v) is 4.32. The van der Waals surface area contributed by atoms with E-state index in [0.29, 0.717) is 11.3 Å². The zero-order chi connectivity index (χ0) is 23.1. The molecule has 0 fully saturated rings. The van der Waals surface area contributed by atoms with E-state index in [1.807, 2.05) is 32.0 Å². The van der Waals surface area contributed by atoms with Gasteiger partial charge in [-0.1, -0.05) is 45.1 Å². The van der Waals surface area contributed by atoms with Gasteiger partial charge in [0.1, 0.15) is 0 Å². The fraction of sp³-hybridized carbons (Fsp3) is 0.375. The molecule has 0 spiro atoms. The lowest BCUT2D eigenvalue weighted by atomic mass is 9.87. The first kappa shape index (κ1) is 24.9. The highest BCUT2D eigenvalue weighted by Crippen LogP contribution is 2.25. The van der Waals surface area contributed by atoms with Crippen LogP contribution in [0.15, 0.2) is 59.2 Å². The Bertz CT molecular complexity index is 900. The quantitative estimate of drug-likeness (QED) is 0.458. The number of anilines is 1. The fourth-order valence-corrected chi connectivity index (χ4v) is 2.61. The van der Waals surface area contributed by atoms with Gasteiger partial charge in [0.15, 0.2) is 0 Å². The molecule has 0 aliphatic carbocycles. The average Bonchev–Trinajstić information content (AvgIpc) is 2.63. The summed E-state index contributed by atoms with van der Waals surface area (Å²) in [5.41, 5.74) is 1.70. The number of aliphatic carboxylic acids is 1. The molecule has 0 saturated heterocycles. The summed E-state index contributed by atoms with van der Waals surface area (Å²) >= 11 is 0. The molecule has 162 valence electrons. The molecule has 0 radical (unpaired) electrons. The summed E-state index contributed by atoms with van der Waals surface area (Å²) in [6.45, 7) is 13.1. The first-order valence-electron chi connectivity index (χ1n) is 9.88. The van der Waals surface area contributed by atoms with Crippen LogP contribution >= 0.6 is 0 Å². The molecule has 0 aromatic heterocycles. The van der Waals surface area contributed by atoms with Crippen LogP contribution in [0.4, 0.5) is 5.69 Å². The Morgan fingerprint density at radius 3 is 2.17 bits per heavy atom. The Labute approximate surface area is 178 Å². The minimum atomic E-state index is -1.25. The number of hydrogen-bond acceptors (Lipinski definition) is 3. The molecule has 1 rings (SSSR count). The topological polar surface area (TPSA) is 95.5 Å². The molecule has 0 atom stereocenters. The number of benzene rings is 1. The summed E-state index contributed by atoms with van der Waals surface area (Å²) in [6.07, 6.45) is 4.12. The standard InChI is InChI=1S/C24H32N2O4/c1-8-19(20(23(29)30)13-12-16(4)21(27)25-15(2)3)22(28)26-18-11-9-10-17(14-18)24(5,6)7/h8-15H,1-7H3,(H,25,27)(H,26,28)(H,29,30)/b16-12+,19-8+,20-13+. The van der Waals surface area contributed by atoms with E-state index in [9.17, 15) is 19.5 Å². The summed E-state index contributed by atoms with van der Waals surface area (Å²) < 4.78 is 0. The number of hydrogen-bond donors (Lipinski definition) is 3. The zero-order valence-corrected chi connectivity index (χ0v) is 18.8. The smallest absolute Gasteiger partial charge is 0.336 e. The van der Waals surface area contributed by atoms with E-state index in [1.54, 1.807) is 19.9 Å². The minimum absolute atomic E-state index is 0.0111. The van der Waals surface area contributed by atoms with E-state index in [4.69, 9.17) is 0 Å². The van der Waals surface area contributed by atoms with Crippen molar-refractivity contribution in [2.24, 2.45) is 0 Å². The largest absolute Gasteiger partial charge is 0.478 e. The second kappa shape index (κ2) is 10.6. The highest BCUT2D eigenvalue weighted by Gasteiger charge is 2.20. The predicted octanol–water partition coefficient (Wildman–Crippen LogP) is 4.35. The molecule has 0 bridgehead atoms. The van der Waals surface area contributed by atoms with Crippen LogP contribution in [-0.4, -0.2) is 28.9 Å². The highest BCUT2D eigenvalue weighted by molar-refractivity contribution is 6.14. The van der Waals surface area contributed by atoms with Crippen LogP contribution in [0.1, 0.15) is 54.0 Å². The second-order valence-electron chi connectivity index (χ2n) is 8.35. The Kier molecular flexibility index (Phi) is 8.77. The van der Waals surface area contributed by atoms with Gasteiger partial charge >= 0.3 is 5.97 Å². The van der Waals surface area contributed by atoms with Gasteiger partial charge < -0.3 is 15.7 Å². The highest BCUT2D eigenvalue weighted by atomic mass is 16.4. The zero-order valence-electron chi connectivity index (χ0n) is 18.8. The lowest BCUT2D eigenvalue weighted by Gasteiger charge is -2.20. The van der Waals surface area contributed by atoms with Crippen LogP contribution in [0.5, 0.6) is 0 Å². The summed E-state index contributed by atoms with van der Waals surface area (Å²) in [5.74, 6) is -2.08. The number of carbonyl (C=O) groups is 3. The number of carboxylic acid groups (broad SMARTS) is 1. The summed E-state index contributed by atoms with van der Waals surface area (Å²) in [5, 5.41) is 15.1. The van der Waals surface area contributed by atoms with Gasteiger partial charge in [0.05, 0.1) is 5.57 Å². The number of rotatable bonds is 7. The van der Waals surface area contributed by atoms with E-state index in [1.165, 1.54) is 18.2 Å². The van der Waals surface area contributed by atoms with E-state index in [-0.39, 0.29) is 28.5 Å². The maximum atomic E-state index is 12.8. The molecule has 0 unspecified atom stereocenters. The molecule has 6 heteroatoms. The van der Waals surface area contributed by atoms with Crippen molar-refractivity contribution in [2.45, 2.75) is 59.9 Å². The number of nitrogens with one attached hydrogen (secondary N) is 2. The van der Waals surface area contributed by atoms with Gasteiger partial charge in [-0.2, -0.15) is 0 Å². The Morgan fingerprint density at radius 1 is 1.03 bits per heavy atom. The van der Waals surface area contributed by atoms with E-state index in [0.717, 1.165) is 5.56 Å². The van der Waals surface area contributed by atoms with Crippen LogP contribution in [0.2, 0.25) is 0 Å². The first-order valence-corrected chi connectivity index (χ1v) is 9.88.